The van der Waals surface area contributed by atoms with Crippen molar-refractivity contribution in [2.45, 2.75) is 46.1 Å². The average molecular weight is 440 g/mol. The lowest BCUT2D eigenvalue weighted by molar-refractivity contribution is -0.914. The van der Waals surface area contributed by atoms with Crippen LogP contribution in [0.4, 0.5) is 0 Å². The summed E-state index contributed by atoms with van der Waals surface area (Å²) in [5.41, 5.74) is 1.70. The number of methoxy groups -OCH3 is 2. The monoisotopic (exact) mass is 439 g/mol. The van der Waals surface area contributed by atoms with Crippen LogP contribution in [0.15, 0.2) is 36.1 Å². The zero-order valence-corrected chi connectivity index (χ0v) is 19.5. The number of Topliss-reactive ketones (excluding diaryl/α,β-unsaturated/α-hetero) is 1. The van der Waals surface area contributed by atoms with Gasteiger partial charge in [0.25, 0.3) is 0 Å². The number of nitrogens with one attached hydrogen (secondary N) is 1. The minimum Gasteiger partial charge on any atom is -0.872 e. The first-order valence-electron chi connectivity index (χ1n) is 11.4. The quantitative estimate of drug-likeness (QED) is 0.544. The van der Waals surface area contributed by atoms with Gasteiger partial charge in [-0.1, -0.05) is 50.6 Å². The van der Waals surface area contributed by atoms with E-state index < -0.39 is 0 Å². The molecule has 2 aromatic carbocycles. The van der Waals surface area contributed by atoms with Crippen molar-refractivity contribution in [3.05, 3.63) is 52.8 Å². The lowest BCUT2D eigenvalue weighted by Gasteiger charge is -2.23. The van der Waals surface area contributed by atoms with Crippen molar-refractivity contribution in [1.29, 1.82) is 0 Å². The SMILES string of the molecule is CCCC[NH+](CCCC)Cc1c([O-])ccc2c1O/C(=C\c1cccc(OC)c1OC)C2=O. The molecule has 32 heavy (non-hydrogen) atoms. The maximum atomic E-state index is 13.1. The third-order valence-electron chi connectivity index (χ3n) is 5.81. The van der Waals surface area contributed by atoms with E-state index >= 15 is 0 Å². The Labute approximate surface area is 190 Å². The number of hydrogen-bond donors (Lipinski definition) is 1. The third kappa shape index (κ3) is 5.07. The van der Waals surface area contributed by atoms with E-state index in [0.717, 1.165) is 38.8 Å². The highest BCUT2D eigenvalue weighted by molar-refractivity contribution is 6.15. The maximum Gasteiger partial charge on any atom is 0.231 e. The summed E-state index contributed by atoms with van der Waals surface area (Å²) in [6.07, 6.45) is 6.07. The molecule has 1 N–H and O–H groups in total. The zero-order chi connectivity index (χ0) is 23.1. The second-order valence-corrected chi connectivity index (χ2v) is 8.08. The average Bonchev–Trinajstić information content (AvgIpc) is 3.12. The molecule has 3 rings (SSSR count). The van der Waals surface area contributed by atoms with Crippen molar-refractivity contribution in [3.8, 4) is 23.0 Å². The van der Waals surface area contributed by atoms with E-state index in [0.29, 0.717) is 40.5 Å². The van der Waals surface area contributed by atoms with Crippen LogP contribution in [0.5, 0.6) is 23.0 Å². The molecule has 1 aliphatic heterocycles. The topological polar surface area (TPSA) is 72.3 Å². The second-order valence-electron chi connectivity index (χ2n) is 8.08. The Morgan fingerprint density at radius 3 is 2.38 bits per heavy atom. The summed E-state index contributed by atoms with van der Waals surface area (Å²) in [6.45, 7) is 6.89. The standard InChI is InChI=1S/C26H33NO5/c1-5-7-14-27(15-8-6-2)17-20-21(28)13-12-19-24(29)23(32-26(19)20)16-18-10-9-11-22(30-3)25(18)31-4/h9-13,16,28H,5-8,14-15,17H2,1-4H3/b23-16-. The van der Waals surface area contributed by atoms with E-state index in [1.807, 2.05) is 12.1 Å². The molecular weight excluding hydrogens is 406 g/mol. The molecule has 6 heteroatoms. The van der Waals surface area contributed by atoms with Crippen LogP contribution in [0.3, 0.4) is 0 Å². The number of carbonyl (C=O) groups is 1. The third-order valence-corrected chi connectivity index (χ3v) is 5.81. The summed E-state index contributed by atoms with van der Waals surface area (Å²) in [7, 11) is 3.12. The van der Waals surface area contributed by atoms with Crippen molar-refractivity contribution >= 4 is 11.9 Å². The molecule has 0 aliphatic carbocycles. The summed E-state index contributed by atoms with van der Waals surface area (Å²) in [6, 6.07) is 8.50. The normalized spacial score (nSPS) is 14.0. The van der Waals surface area contributed by atoms with Crippen LogP contribution in [-0.2, 0) is 6.54 Å². The highest BCUT2D eigenvalue weighted by Gasteiger charge is 2.31. The lowest BCUT2D eigenvalue weighted by Crippen LogP contribution is -3.10. The Bertz CT molecular complexity index is 974. The van der Waals surface area contributed by atoms with Gasteiger partial charge in [-0.05, 0) is 31.1 Å². The molecule has 1 heterocycles. The van der Waals surface area contributed by atoms with Gasteiger partial charge in [-0.25, -0.2) is 0 Å². The molecular formula is C26H33NO5. The molecule has 6 nitrogen and oxygen atoms in total. The molecule has 0 unspecified atom stereocenters. The summed E-state index contributed by atoms with van der Waals surface area (Å²) in [5, 5.41) is 12.8. The molecule has 1 aliphatic rings. The first kappa shape index (κ1) is 23.7. The van der Waals surface area contributed by atoms with Crippen LogP contribution in [0, 0.1) is 0 Å². The summed E-state index contributed by atoms with van der Waals surface area (Å²) >= 11 is 0. The van der Waals surface area contributed by atoms with Gasteiger partial charge >= 0.3 is 0 Å². The van der Waals surface area contributed by atoms with Gasteiger partial charge in [-0.3, -0.25) is 4.79 Å². The summed E-state index contributed by atoms with van der Waals surface area (Å²) < 4.78 is 16.8. The maximum absolute atomic E-state index is 13.1. The van der Waals surface area contributed by atoms with Gasteiger partial charge in [0, 0.05) is 11.1 Å². The fraction of sp³-hybridized carbons (Fsp3) is 0.423. The number of ether oxygens (including phenoxy) is 3. The molecule has 0 aromatic heterocycles. The Hall–Kier alpha value is -2.99. The van der Waals surface area contributed by atoms with Crippen molar-refractivity contribution in [3.63, 3.8) is 0 Å². The number of benzene rings is 2. The first-order valence-corrected chi connectivity index (χ1v) is 11.4. The Balaban J connectivity index is 1.94. The number of fused-ring (bicyclic) bond motifs is 1. The van der Waals surface area contributed by atoms with E-state index in [9.17, 15) is 9.90 Å². The predicted molar refractivity (Wildman–Crippen MR) is 123 cm³/mol. The molecule has 0 bridgehead atoms. The lowest BCUT2D eigenvalue weighted by atomic mass is 10.0. The number of para-hydroxylation sites is 1. The van der Waals surface area contributed by atoms with E-state index in [4.69, 9.17) is 14.2 Å². The number of carbonyl (C=O) groups excluding carboxylic acids is 1. The Morgan fingerprint density at radius 2 is 1.75 bits per heavy atom. The van der Waals surface area contributed by atoms with E-state index in [1.54, 1.807) is 32.4 Å². The second kappa shape index (κ2) is 11.0. The fourth-order valence-electron chi connectivity index (χ4n) is 4.03. The zero-order valence-electron chi connectivity index (χ0n) is 19.5. The minimum atomic E-state index is -0.227. The van der Waals surface area contributed by atoms with E-state index in [2.05, 4.69) is 13.8 Å². The van der Waals surface area contributed by atoms with Crippen LogP contribution in [0.1, 0.15) is 61.0 Å². The number of ketones is 1. The molecule has 0 saturated heterocycles. The molecule has 172 valence electrons. The largest absolute Gasteiger partial charge is 0.872 e. The van der Waals surface area contributed by atoms with Crippen molar-refractivity contribution < 1.29 is 29.0 Å². The van der Waals surface area contributed by atoms with Crippen molar-refractivity contribution in [2.75, 3.05) is 27.3 Å². The number of unbranched alkanes of at least 4 members (excludes halogenated alkanes) is 2. The van der Waals surface area contributed by atoms with Gasteiger partial charge < -0.3 is 24.2 Å². The van der Waals surface area contributed by atoms with Crippen LogP contribution >= 0.6 is 0 Å². The minimum absolute atomic E-state index is 0.0812. The molecule has 2 aromatic rings. The predicted octanol–water partition coefficient (Wildman–Crippen LogP) is 3.38. The molecule has 0 radical (unpaired) electrons. The van der Waals surface area contributed by atoms with Gasteiger partial charge in [0.2, 0.25) is 5.78 Å². The molecule has 0 atom stereocenters. The summed E-state index contributed by atoms with van der Waals surface area (Å²) in [4.78, 5) is 14.4. The van der Waals surface area contributed by atoms with Crippen molar-refractivity contribution in [1.82, 2.24) is 0 Å². The smallest absolute Gasteiger partial charge is 0.231 e. The number of quaternary nitrogens is 1. The number of hydrogen-bond acceptors (Lipinski definition) is 5. The van der Waals surface area contributed by atoms with Crippen LogP contribution < -0.4 is 24.2 Å². The molecule has 0 fully saturated rings. The molecule has 0 spiro atoms. The molecule has 0 saturated carbocycles. The Kier molecular flexibility index (Phi) is 8.17. The number of allylic oxidation sites excluding steroid dienone is 1. The van der Waals surface area contributed by atoms with E-state index in [1.165, 1.54) is 11.0 Å². The summed E-state index contributed by atoms with van der Waals surface area (Å²) in [5.74, 6) is 1.37. The van der Waals surface area contributed by atoms with Crippen LogP contribution in [0.2, 0.25) is 0 Å². The van der Waals surface area contributed by atoms with Crippen LogP contribution in [0.25, 0.3) is 6.08 Å². The van der Waals surface area contributed by atoms with Gasteiger partial charge in [-0.15, -0.1) is 0 Å². The van der Waals surface area contributed by atoms with Crippen molar-refractivity contribution in [2.24, 2.45) is 0 Å². The van der Waals surface area contributed by atoms with Gasteiger partial charge in [-0.2, -0.15) is 0 Å². The van der Waals surface area contributed by atoms with Gasteiger partial charge in [0.15, 0.2) is 17.3 Å². The highest BCUT2D eigenvalue weighted by atomic mass is 16.5. The first-order chi connectivity index (χ1) is 15.5. The van der Waals surface area contributed by atoms with E-state index in [-0.39, 0.29) is 17.3 Å². The van der Waals surface area contributed by atoms with Gasteiger partial charge in [0.05, 0.1) is 32.9 Å². The molecule has 0 amide bonds. The van der Waals surface area contributed by atoms with Gasteiger partial charge in [0.1, 0.15) is 12.3 Å². The highest BCUT2D eigenvalue weighted by Crippen LogP contribution is 2.39. The van der Waals surface area contributed by atoms with Crippen LogP contribution in [-0.4, -0.2) is 33.1 Å². The fourth-order valence-corrected chi connectivity index (χ4v) is 4.03. The Morgan fingerprint density at radius 1 is 1.03 bits per heavy atom. The number of rotatable bonds is 11.